The molecule has 2 aliphatic heterocycles. The van der Waals surface area contributed by atoms with Crippen LogP contribution in [0.1, 0.15) is 11.5 Å². The van der Waals surface area contributed by atoms with Crippen LogP contribution >= 0.6 is 0 Å². The van der Waals surface area contributed by atoms with Crippen molar-refractivity contribution in [1.29, 1.82) is 0 Å². The van der Waals surface area contributed by atoms with Gasteiger partial charge < -0.3 is 4.52 Å². The van der Waals surface area contributed by atoms with Crippen molar-refractivity contribution in [2.75, 3.05) is 4.90 Å². The number of amides is 2. The summed E-state index contributed by atoms with van der Waals surface area (Å²) in [4.78, 5) is 31.2. The van der Waals surface area contributed by atoms with Crippen LogP contribution in [0.15, 0.2) is 69.5 Å². The first kappa shape index (κ1) is 17.2. The second kappa shape index (κ2) is 6.62. The summed E-state index contributed by atoms with van der Waals surface area (Å²) in [6.45, 7) is 2.05. The Hall–Kier alpha value is -3.88. The van der Waals surface area contributed by atoms with Gasteiger partial charge in [0.05, 0.1) is 5.69 Å². The van der Waals surface area contributed by atoms with Crippen LogP contribution in [0.2, 0.25) is 0 Å². The molecule has 0 aliphatic carbocycles. The second-order valence-electron chi connectivity index (χ2n) is 6.87. The number of anilines is 1. The smallest absolute Gasteiger partial charge is 0.263 e. The van der Waals surface area contributed by atoms with E-state index in [1.54, 1.807) is 24.3 Å². The van der Waals surface area contributed by atoms with Gasteiger partial charge in [-0.2, -0.15) is 10.1 Å². The molecule has 9 nitrogen and oxygen atoms in total. The van der Waals surface area contributed by atoms with Crippen molar-refractivity contribution < 1.29 is 14.1 Å². The summed E-state index contributed by atoms with van der Waals surface area (Å²) in [5.74, 6) is 0.00482. The van der Waals surface area contributed by atoms with Gasteiger partial charge in [-0.05, 0) is 24.6 Å². The molecule has 0 unspecified atom stereocenters. The zero-order chi connectivity index (χ0) is 20.0. The highest BCUT2D eigenvalue weighted by Crippen LogP contribution is 2.32. The van der Waals surface area contributed by atoms with Crippen molar-refractivity contribution in [1.82, 2.24) is 15.1 Å². The average Bonchev–Trinajstić information content (AvgIpc) is 3.42. The minimum atomic E-state index is -0.860. The Bertz CT molecular complexity index is 1130. The Balaban J connectivity index is 1.38. The van der Waals surface area contributed by atoms with Crippen molar-refractivity contribution in [2.24, 2.45) is 10.3 Å². The summed E-state index contributed by atoms with van der Waals surface area (Å²) in [7, 11) is 0. The van der Waals surface area contributed by atoms with Crippen LogP contribution < -0.4 is 4.90 Å². The standard InChI is InChI=1S/C20H16N6O3/c1-12-7-5-6-10-14(12)18-21-15(29-23-18)11-25-17-16(22-24-25)19(27)26(20(17)28)13-8-3-2-4-9-13/h2-10,16-17H,11H2,1H3/t16-,17+/m0/s1. The van der Waals surface area contributed by atoms with Gasteiger partial charge in [-0.1, -0.05) is 52.8 Å². The zero-order valence-electron chi connectivity index (χ0n) is 15.5. The molecule has 144 valence electrons. The summed E-state index contributed by atoms with van der Waals surface area (Å²) in [5, 5.41) is 13.5. The lowest BCUT2D eigenvalue weighted by atomic mass is 10.1. The van der Waals surface area contributed by atoms with Crippen LogP contribution in [0.25, 0.3) is 11.4 Å². The number of nitrogens with zero attached hydrogens (tertiary/aromatic N) is 6. The largest absolute Gasteiger partial charge is 0.337 e. The predicted octanol–water partition coefficient (Wildman–Crippen LogP) is 2.54. The summed E-state index contributed by atoms with van der Waals surface area (Å²) >= 11 is 0. The van der Waals surface area contributed by atoms with E-state index in [2.05, 4.69) is 20.5 Å². The van der Waals surface area contributed by atoms with E-state index >= 15 is 0 Å². The van der Waals surface area contributed by atoms with Crippen molar-refractivity contribution in [3.63, 3.8) is 0 Å². The van der Waals surface area contributed by atoms with E-state index in [1.165, 1.54) is 5.01 Å². The number of carbonyl (C=O) groups excluding carboxylic acids is 2. The Morgan fingerprint density at radius 3 is 2.55 bits per heavy atom. The monoisotopic (exact) mass is 388 g/mol. The summed E-state index contributed by atoms with van der Waals surface area (Å²) in [5.41, 5.74) is 2.41. The fourth-order valence-electron chi connectivity index (χ4n) is 3.58. The molecule has 5 rings (SSSR count). The Morgan fingerprint density at radius 2 is 1.76 bits per heavy atom. The molecule has 2 aliphatic rings. The maximum Gasteiger partial charge on any atom is 0.263 e. The molecule has 0 bridgehead atoms. The molecule has 0 saturated carbocycles. The lowest BCUT2D eigenvalue weighted by Crippen LogP contribution is -2.39. The third kappa shape index (κ3) is 2.78. The third-order valence-electron chi connectivity index (χ3n) is 5.02. The molecule has 0 radical (unpaired) electrons. The molecule has 0 spiro atoms. The van der Waals surface area contributed by atoms with E-state index in [9.17, 15) is 9.59 Å². The van der Waals surface area contributed by atoms with Crippen molar-refractivity contribution in [3.8, 4) is 11.4 Å². The van der Waals surface area contributed by atoms with Crippen LogP contribution in [-0.2, 0) is 16.1 Å². The highest BCUT2D eigenvalue weighted by molar-refractivity contribution is 6.25. The predicted molar refractivity (Wildman–Crippen MR) is 101 cm³/mol. The number of hydrogen-bond acceptors (Lipinski definition) is 8. The maximum atomic E-state index is 12.9. The second-order valence-corrected chi connectivity index (χ2v) is 6.87. The molecule has 1 aromatic heterocycles. The van der Waals surface area contributed by atoms with E-state index < -0.39 is 12.1 Å². The number of benzene rings is 2. The van der Waals surface area contributed by atoms with Gasteiger partial charge in [-0.3, -0.25) is 14.6 Å². The molecule has 1 fully saturated rings. The lowest BCUT2D eigenvalue weighted by Gasteiger charge is -2.19. The zero-order valence-corrected chi connectivity index (χ0v) is 15.5. The number of rotatable bonds is 4. The normalized spacial score (nSPS) is 20.6. The van der Waals surface area contributed by atoms with Gasteiger partial charge in [0.2, 0.25) is 11.7 Å². The molecule has 0 N–H and O–H groups in total. The van der Waals surface area contributed by atoms with Crippen LogP contribution in [0.5, 0.6) is 0 Å². The Morgan fingerprint density at radius 1 is 1.00 bits per heavy atom. The van der Waals surface area contributed by atoms with E-state index in [0.29, 0.717) is 17.4 Å². The number of carbonyl (C=O) groups is 2. The number of hydrogen-bond donors (Lipinski definition) is 0. The first-order valence-corrected chi connectivity index (χ1v) is 9.12. The number of aryl methyl sites for hydroxylation is 1. The highest BCUT2D eigenvalue weighted by Gasteiger charge is 2.55. The number of fused-ring (bicyclic) bond motifs is 1. The van der Waals surface area contributed by atoms with E-state index in [4.69, 9.17) is 4.52 Å². The van der Waals surface area contributed by atoms with Gasteiger partial charge in [-0.25, -0.2) is 4.90 Å². The maximum absolute atomic E-state index is 12.9. The number of imide groups is 1. The van der Waals surface area contributed by atoms with Crippen LogP contribution in [0.4, 0.5) is 5.69 Å². The molecule has 9 heteroatoms. The summed E-state index contributed by atoms with van der Waals surface area (Å²) in [6.07, 6.45) is 0. The molecule has 2 amide bonds. The molecule has 2 atom stereocenters. The number of para-hydroxylation sites is 1. The van der Waals surface area contributed by atoms with Gasteiger partial charge in [0.1, 0.15) is 6.54 Å². The summed E-state index contributed by atoms with van der Waals surface area (Å²) < 4.78 is 5.34. The third-order valence-corrected chi connectivity index (χ3v) is 5.02. The first-order valence-electron chi connectivity index (χ1n) is 9.12. The topological polar surface area (TPSA) is 104 Å². The Kier molecular flexibility index (Phi) is 3.94. The molecular formula is C20H16N6O3. The van der Waals surface area contributed by atoms with Gasteiger partial charge in [0, 0.05) is 5.56 Å². The van der Waals surface area contributed by atoms with Gasteiger partial charge in [-0.15, -0.1) is 0 Å². The van der Waals surface area contributed by atoms with Gasteiger partial charge in [0.15, 0.2) is 12.1 Å². The fraction of sp³-hybridized carbons (Fsp3) is 0.200. The van der Waals surface area contributed by atoms with Crippen LogP contribution in [-0.4, -0.2) is 39.0 Å². The van der Waals surface area contributed by atoms with Crippen LogP contribution in [0, 0.1) is 6.92 Å². The minimum Gasteiger partial charge on any atom is -0.337 e. The van der Waals surface area contributed by atoms with Crippen LogP contribution in [0.3, 0.4) is 0 Å². The minimum absolute atomic E-state index is 0.0885. The molecular weight excluding hydrogens is 372 g/mol. The molecule has 29 heavy (non-hydrogen) atoms. The molecule has 3 aromatic rings. The van der Waals surface area contributed by atoms with Crippen molar-refractivity contribution in [2.45, 2.75) is 25.6 Å². The quantitative estimate of drug-likeness (QED) is 0.636. The lowest BCUT2D eigenvalue weighted by molar-refractivity contribution is -0.123. The average molecular weight is 388 g/mol. The highest BCUT2D eigenvalue weighted by atomic mass is 16.5. The van der Waals surface area contributed by atoms with Crippen molar-refractivity contribution >= 4 is 17.5 Å². The molecule has 1 saturated heterocycles. The number of aromatic nitrogens is 2. The molecule has 2 aromatic carbocycles. The van der Waals surface area contributed by atoms with E-state index in [-0.39, 0.29) is 18.4 Å². The first-order chi connectivity index (χ1) is 14.1. The van der Waals surface area contributed by atoms with E-state index in [1.807, 2.05) is 37.3 Å². The van der Waals surface area contributed by atoms with Gasteiger partial charge in [0.25, 0.3) is 11.8 Å². The van der Waals surface area contributed by atoms with E-state index in [0.717, 1.165) is 16.0 Å². The SMILES string of the molecule is Cc1ccccc1-c1noc(CN2N=N[C@@H]3C(=O)N(c4ccccc4)C(=O)[C@@H]32)n1. The van der Waals surface area contributed by atoms with Gasteiger partial charge >= 0.3 is 0 Å². The Labute approximate surface area is 165 Å². The molecule has 3 heterocycles. The van der Waals surface area contributed by atoms with Crippen molar-refractivity contribution in [3.05, 3.63) is 66.1 Å². The summed E-state index contributed by atoms with van der Waals surface area (Å²) in [6, 6.07) is 14.8. The fourth-order valence-corrected chi connectivity index (χ4v) is 3.58.